The van der Waals surface area contributed by atoms with Crippen molar-refractivity contribution in [2.24, 2.45) is 22.9 Å². The molecule has 0 atom stereocenters. The lowest BCUT2D eigenvalue weighted by atomic mass is 10.1. The molecule has 8 aromatic rings. The molecular formula is C99H150N14O7. The normalized spacial score (nSPS) is 10.2. The highest BCUT2D eigenvalue weighted by Gasteiger charge is 2.10. The van der Waals surface area contributed by atoms with Crippen LogP contribution in [-0.2, 0) is 33.6 Å². The lowest BCUT2D eigenvalue weighted by Crippen LogP contribution is -2.31. The molecule has 0 bridgehead atoms. The molecule has 0 spiro atoms. The summed E-state index contributed by atoms with van der Waals surface area (Å²) >= 11 is 0. The molecule has 0 fully saturated rings. The predicted molar refractivity (Wildman–Crippen MR) is 501 cm³/mol. The van der Waals surface area contributed by atoms with Crippen molar-refractivity contribution in [3.8, 4) is 0 Å². The number of aryl methyl sites for hydroxylation is 12. The molecule has 0 radical (unpaired) electrons. The number of benzene rings is 8. The van der Waals surface area contributed by atoms with Crippen molar-refractivity contribution in [1.82, 2.24) is 51.9 Å². The maximum Gasteiger partial charge on any atom is 0.251 e. The van der Waals surface area contributed by atoms with E-state index in [1.165, 1.54) is 67.6 Å². The van der Waals surface area contributed by atoms with Gasteiger partial charge in [0.15, 0.2) is 0 Å². The van der Waals surface area contributed by atoms with Gasteiger partial charge in [0.05, 0.1) is 0 Å². The number of carbonyl (C=O) groups is 7. The van der Waals surface area contributed by atoms with Crippen molar-refractivity contribution in [3.05, 3.63) is 283 Å². The number of nitrogens with zero attached hydrogens (tertiary/aromatic N) is 3. The van der Waals surface area contributed by atoms with Gasteiger partial charge < -0.3 is 74.9 Å². The van der Waals surface area contributed by atoms with Crippen molar-refractivity contribution in [1.29, 1.82) is 0 Å². The van der Waals surface area contributed by atoms with Crippen LogP contribution in [0.2, 0.25) is 0 Å². The molecule has 21 heteroatoms. The Bertz CT molecular complexity index is 3970. The van der Waals surface area contributed by atoms with E-state index in [1.54, 1.807) is 12.1 Å². The first-order valence-corrected chi connectivity index (χ1v) is 42.6. The molecule has 0 unspecified atom stereocenters. The standard InChI is InChI=1S/2C15H24N2O.C14H22N2O.C13H20N2O.2C12H18N2O.C10H14N2O.C8H10/c1-13-7-9-14(10-8-13)15(18)16-11-5-4-6-12-17(2)3;1-13-5-7-14(8-6-13)9-10-15(18)17-12-4-2-3-11-16;1-12-4-6-13(7-5-12)8-9-14(17)15-10-11-16(2)3;1-11-5-7-12(8-6-11)13(16)15-10-4-2-3-9-14;1-10-4-6-11(7-5-10)12(15)13-8-9-14(2)3;1-10-2-4-11(5-3-10)6-7-12(15)14-9-8-13;1-8-2-4-9(5-3-8)10(13)12-7-6-11;1-7-3-5-8(2)6-4-7/h7-10H,4-6,11-12H2,1-3H3,(H,16,18);5-8H,2-4,9-12,16H2,1H3,(H,17,18);4-7H,8-11H2,1-3H3,(H,15,17);5-8H,2-4,9-10,14H2,1H3,(H,15,16);4-7H,8-9H2,1-3H3,(H,13,15);2-5H,6-9,13H2,1H3,(H,14,15);2-5H,6-7,11H2,1H3,(H,12,13);3-6H,1-2H3. The van der Waals surface area contributed by atoms with Gasteiger partial charge in [0, 0.05) is 114 Å². The highest BCUT2D eigenvalue weighted by Crippen LogP contribution is 2.11. The van der Waals surface area contributed by atoms with Crippen molar-refractivity contribution in [3.63, 3.8) is 0 Å². The summed E-state index contributed by atoms with van der Waals surface area (Å²) in [6.45, 7) is 28.4. The van der Waals surface area contributed by atoms with Gasteiger partial charge in [0.1, 0.15) is 0 Å². The van der Waals surface area contributed by atoms with Gasteiger partial charge in [-0.25, -0.2) is 0 Å². The van der Waals surface area contributed by atoms with Crippen LogP contribution in [0.15, 0.2) is 194 Å². The molecule has 0 aliphatic rings. The third kappa shape index (κ3) is 59.4. The Kier molecular flexibility index (Phi) is 61.6. The van der Waals surface area contributed by atoms with E-state index in [4.69, 9.17) is 22.9 Å². The number of likely N-dealkylation sites (N-methyl/N-ethyl adjacent to an activating group) is 2. The number of nitrogens with one attached hydrogen (secondary N) is 7. The van der Waals surface area contributed by atoms with Crippen LogP contribution in [-0.4, -0.2) is 190 Å². The second-order valence-electron chi connectivity index (χ2n) is 30.9. The quantitative estimate of drug-likeness (QED) is 0.0160. The molecule has 0 saturated carbocycles. The fourth-order valence-electron chi connectivity index (χ4n) is 10.6. The average Bonchev–Trinajstić information content (AvgIpc) is 0.890. The Morgan fingerprint density at radius 2 is 0.425 bits per heavy atom. The fraction of sp³-hybridized carbons (Fsp3) is 0.444. The highest BCUT2D eigenvalue weighted by molar-refractivity contribution is 5.95. The number of hydrogen-bond acceptors (Lipinski definition) is 14. The van der Waals surface area contributed by atoms with Crippen molar-refractivity contribution >= 4 is 41.4 Å². The Labute approximate surface area is 721 Å². The largest absolute Gasteiger partial charge is 0.356 e. The van der Waals surface area contributed by atoms with E-state index in [0.717, 1.165) is 152 Å². The van der Waals surface area contributed by atoms with E-state index in [0.29, 0.717) is 57.5 Å². The number of rotatable bonds is 39. The highest BCUT2D eigenvalue weighted by atomic mass is 16.2. The van der Waals surface area contributed by atoms with Gasteiger partial charge in [-0.15, -0.1) is 0 Å². The first-order valence-electron chi connectivity index (χ1n) is 42.6. The van der Waals surface area contributed by atoms with Crippen LogP contribution in [0.25, 0.3) is 0 Å². The van der Waals surface area contributed by atoms with E-state index in [2.05, 4.69) is 193 Å². The lowest BCUT2D eigenvalue weighted by Gasteiger charge is -2.10. The van der Waals surface area contributed by atoms with Crippen LogP contribution in [0, 0.1) is 62.3 Å². The van der Waals surface area contributed by atoms with Crippen molar-refractivity contribution < 1.29 is 33.6 Å². The minimum absolute atomic E-state index is 0.00292. The molecule has 0 aliphatic carbocycles. The average molecular weight is 1650 g/mol. The summed E-state index contributed by atoms with van der Waals surface area (Å²) in [7, 11) is 12.1. The summed E-state index contributed by atoms with van der Waals surface area (Å²) in [4.78, 5) is 87.1. The Morgan fingerprint density at radius 3 is 0.683 bits per heavy atom. The molecule has 658 valence electrons. The van der Waals surface area contributed by atoms with Crippen LogP contribution in [0.5, 0.6) is 0 Å². The minimum atomic E-state index is -0.0644. The fourth-order valence-corrected chi connectivity index (χ4v) is 10.6. The Morgan fingerprint density at radius 1 is 0.225 bits per heavy atom. The number of amides is 7. The summed E-state index contributed by atoms with van der Waals surface area (Å²) in [5.41, 5.74) is 38.9. The zero-order valence-electron chi connectivity index (χ0n) is 75.5. The molecule has 120 heavy (non-hydrogen) atoms. The second kappa shape index (κ2) is 68.5. The number of carbonyl (C=O) groups excluding carboxylic acids is 7. The van der Waals surface area contributed by atoms with E-state index in [-0.39, 0.29) is 41.4 Å². The molecule has 8 aromatic carbocycles. The predicted octanol–water partition coefficient (Wildman–Crippen LogP) is 13.4. The van der Waals surface area contributed by atoms with Crippen LogP contribution in [0.1, 0.15) is 185 Å². The van der Waals surface area contributed by atoms with Gasteiger partial charge >= 0.3 is 0 Å². The monoisotopic (exact) mass is 1650 g/mol. The number of unbranched alkanes of at least 4 members (excludes halogenated alkanes) is 6. The van der Waals surface area contributed by atoms with Gasteiger partial charge in [0.25, 0.3) is 23.6 Å². The summed E-state index contributed by atoms with van der Waals surface area (Å²) < 4.78 is 0. The Balaban J connectivity index is 0.000000690. The van der Waals surface area contributed by atoms with Crippen LogP contribution in [0.4, 0.5) is 0 Å². The molecule has 7 amide bonds. The van der Waals surface area contributed by atoms with Crippen molar-refractivity contribution in [2.45, 2.75) is 159 Å². The molecule has 0 saturated heterocycles. The van der Waals surface area contributed by atoms with Gasteiger partial charge in [-0.1, -0.05) is 215 Å². The van der Waals surface area contributed by atoms with Gasteiger partial charge in [-0.05, 0) is 247 Å². The SMILES string of the molecule is Cc1ccc(C(=O)NCCCCCN(C)C)cc1.Cc1ccc(C(=O)NCCCCCN)cc1.Cc1ccc(C(=O)NCCN(C)C)cc1.Cc1ccc(C(=O)NCCN)cc1.Cc1ccc(C)cc1.Cc1ccc(CCC(=O)NCCCCCN)cc1.Cc1ccc(CCC(=O)NCCN(C)C)cc1.Cc1ccc(CCC(=O)NCCN)cc1. The second-order valence-corrected chi connectivity index (χ2v) is 30.9. The lowest BCUT2D eigenvalue weighted by molar-refractivity contribution is -0.121. The maximum atomic E-state index is 11.8. The number of nitrogens with two attached hydrogens (primary N) is 4. The summed E-state index contributed by atoms with van der Waals surface area (Å²) in [5, 5.41) is 20.0. The maximum absolute atomic E-state index is 11.8. The van der Waals surface area contributed by atoms with Gasteiger partial charge in [-0.3, -0.25) is 33.6 Å². The van der Waals surface area contributed by atoms with Crippen LogP contribution >= 0.6 is 0 Å². The van der Waals surface area contributed by atoms with Crippen LogP contribution in [0.3, 0.4) is 0 Å². The molecule has 0 heterocycles. The van der Waals surface area contributed by atoms with E-state index >= 15 is 0 Å². The minimum Gasteiger partial charge on any atom is -0.356 e. The van der Waals surface area contributed by atoms with Gasteiger partial charge in [0.2, 0.25) is 17.7 Å². The van der Waals surface area contributed by atoms with Crippen LogP contribution < -0.4 is 60.2 Å². The molecule has 15 N–H and O–H groups in total. The third-order valence-electron chi connectivity index (χ3n) is 18.3. The molecule has 0 aromatic heterocycles. The smallest absolute Gasteiger partial charge is 0.251 e. The molecular weight excluding hydrogens is 1500 g/mol. The van der Waals surface area contributed by atoms with Gasteiger partial charge in [-0.2, -0.15) is 0 Å². The number of hydrogen-bond donors (Lipinski definition) is 11. The first-order chi connectivity index (χ1) is 57.5. The van der Waals surface area contributed by atoms with Crippen molar-refractivity contribution in [2.75, 3.05) is 134 Å². The zero-order valence-corrected chi connectivity index (χ0v) is 75.5. The molecule has 21 nitrogen and oxygen atoms in total. The van der Waals surface area contributed by atoms with E-state index < -0.39 is 0 Å². The third-order valence-corrected chi connectivity index (χ3v) is 18.3. The summed E-state index contributed by atoms with van der Waals surface area (Å²) in [6, 6.07) is 63.7. The van der Waals surface area contributed by atoms with E-state index in [9.17, 15) is 33.6 Å². The summed E-state index contributed by atoms with van der Waals surface area (Å²) in [6.07, 6.45) is 13.7. The summed E-state index contributed by atoms with van der Waals surface area (Å²) in [5.74, 6) is 0.314. The van der Waals surface area contributed by atoms with E-state index in [1.807, 2.05) is 146 Å². The first kappa shape index (κ1) is 108. The topological polar surface area (TPSA) is 317 Å². The Hall–Kier alpha value is -10.2. The molecule has 0 aliphatic heterocycles. The molecule has 8 rings (SSSR count). The zero-order chi connectivity index (χ0) is 89.1.